The van der Waals surface area contributed by atoms with Crippen molar-refractivity contribution in [2.24, 2.45) is 5.73 Å². The van der Waals surface area contributed by atoms with Gasteiger partial charge in [0, 0.05) is 24.6 Å². The minimum Gasteiger partial charge on any atom is -0.490 e. The molecule has 2 N–H and O–H groups in total. The van der Waals surface area contributed by atoms with Gasteiger partial charge >= 0.3 is 0 Å². The largest absolute Gasteiger partial charge is 0.490 e. The lowest BCUT2D eigenvalue weighted by Gasteiger charge is -2.14. The molecule has 0 saturated carbocycles. The molecule has 0 fully saturated rings. The highest BCUT2D eigenvalue weighted by atomic mass is 16.5. The summed E-state index contributed by atoms with van der Waals surface area (Å²) in [6.45, 7) is 0.437. The standard InChI is InChI=1S/C25H23N3O/c26-24(14-20-7-8-22-3-1-2-4-23(22)13-20)18-29-25-15-21(16-28-17-25)6-5-19-9-11-27-12-10-19/h1-13,15-17,24H,14,18,26H2/b6-5+/t24-/m0/s1. The zero-order valence-corrected chi connectivity index (χ0v) is 16.1. The van der Waals surface area contributed by atoms with E-state index in [1.807, 2.05) is 30.4 Å². The van der Waals surface area contributed by atoms with Crippen molar-refractivity contribution < 1.29 is 4.74 Å². The molecule has 4 rings (SSSR count). The Labute approximate surface area is 170 Å². The summed E-state index contributed by atoms with van der Waals surface area (Å²) in [5, 5.41) is 2.47. The predicted octanol–water partition coefficient (Wildman–Crippen LogP) is 4.75. The third kappa shape index (κ3) is 5.27. The van der Waals surface area contributed by atoms with E-state index in [4.69, 9.17) is 10.5 Å². The molecule has 0 bridgehead atoms. The first-order chi connectivity index (χ1) is 14.3. The normalized spacial score (nSPS) is 12.3. The summed E-state index contributed by atoms with van der Waals surface area (Å²) in [5.74, 6) is 0.718. The number of benzene rings is 2. The van der Waals surface area contributed by atoms with Gasteiger partial charge in [0.15, 0.2) is 0 Å². The second-order valence-electron chi connectivity index (χ2n) is 7.02. The van der Waals surface area contributed by atoms with Crippen LogP contribution in [-0.4, -0.2) is 22.6 Å². The Balaban J connectivity index is 1.35. The number of fused-ring (bicyclic) bond motifs is 1. The van der Waals surface area contributed by atoms with Crippen LogP contribution in [0.25, 0.3) is 22.9 Å². The number of aromatic nitrogens is 2. The molecule has 1 atom stereocenters. The molecular weight excluding hydrogens is 358 g/mol. The molecular formula is C25H23N3O. The van der Waals surface area contributed by atoms with Crippen LogP contribution in [0.5, 0.6) is 5.75 Å². The molecule has 0 aliphatic carbocycles. The first kappa shape index (κ1) is 18.8. The zero-order chi connectivity index (χ0) is 19.9. The number of nitrogens with zero attached hydrogens (tertiary/aromatic N) is 2. The Kier molecular flexibility index (Phi) is 5.93. The van der Waals surface area contributed by atoms with Crippen molar-refractivity contribution in [2.45, 2.75) is 12.5 Å². The third-order valence-electron chi connectivity index (χ3n) is 4.68. The molecule has 29 heavy (non-hydrogen) atoms. The quantitative estimate of drug-likeness (QED) is 0.502. The van der Waals surface area contributed by atoms with E-state index in [1.54, 1.807) is 24.8 Å². The highest BCUT2D eigenvalue weighted by molar-refractivity contribution is 5.83. The molecule has 0 unspecified atom stereocenters. The summed E-state index contributed by atoms with van der Waals surface area (Å²) in [7, 11) is 0. The van der Waals surface area contributed by atoms with Crippen LogP contribution >= 0.6 is 0 Å². The average Bonchev–Trinajstić information content (AvgIpc) is 2.77. The Morgan fingerprint density at radius 1 is 0.828 bits per heavy atom. The van der Waals surface area contributed by atoms with E-state index in [2.05, 4.69) is 52.4 Å². The van der Waals surface area contributed by atoms with Gasteiger partial charge in [0.05, 0.1) is 6.20 Å². The van der Waals surface area contributed by atoms with E-state index in [9.17, 15) is 0 Å². The SMILES string of the molecule is N[C@H](COc1cncc(/C=C/c2ccncc2)c1)Cc1ccc2ccccc2c1. The Morgan fingerprint density at radius 3 is 2.48 bits per heavy atom. The maximum atomic E-state index is 6.31. The summed E-state index contributed by atoms with van der Waals surface area (Å²) in [6.07, 6.45) is 11.9. The maximum absolute atomic E-state index is 6.31. The molecule has 2 aromatic carbocycles. The summed E-state index contributed by atoms with van der Waals surface area (Å²) < 4.78 is 5.89. The highest BCUT2D eigenvalue weighted by Gasteiger charge is 2.07. The lowest BCUT2D eigenvalue weighted by molar-refractivity contribution is 0.286. The molecule has 0 aliphatic heterocycles. The van der Waals surface area contributed by atoms with Crippen molar-refractivity contribution in [2.75, 3.05) is 6.61 Å². The van der Waals surface area contributed by atoms with E-state index in [1.165, 1.54) is 16.3 Å². The predicted molar refractivity (Wildman–Crippen MR) is 119 cm³/mol. The highest BCUT2D eigenvalue weighted by Crippen LogP contribution is 2.17. The zero-order valence-electron chi connectivity index (χ0n) is 16.1. The minimum absolute atomic E-state index is 0.0906. The first-order valence-electron chi connectivity index (χ1n) is 9.65. The molecule has 0 amide bonds. The molecule has 0 radical (unpaired) electrons. The van der Waals surface area contributed by atoms with Crippen molar-refractivity contribution >= 4 is 22.9 Å². The Hall–Kier alpha value is -3.50. The minimum atomic E-state index is -0.0906. The number of nitrogens with two attached hydrogens (primary N) is 1. The monoisotopic (exact) mass is 381 g/mol. The van der Waals surface area contributed by atoms with E-state index in [0.717, 1.165) is 23.3 Å². The molecule has 0 aliphatic rings. The van der Waals surface area contributed by atoms with Crippen LogP contribution < -0.4 is 10.5 Å². The molecule has 144 valence electrons. The summed E-state index contributed by atoms with van der Waals surface area (Å²) in [4.78, 5) is 8.29. The molecule has 0 spiro atoms. The van der Waals surface area contributed by atoms with Gasteiger partial charge in [-0.05, 0) is 52.1 Å². The summed E-state index contributed by atoms with van der Waals surface area (Å²) in [5.41, 5.74) is 9.58. The molecule has 0 saturated heterocycles. The molecule has 4 heteroatoms. The van der Waals surface area contributed by atoms with Crippen LogP contribution in [0.3, 0.4) is 0 Å². The topological polar surface area (TPSA) is 61.0 Å². The number of pyridine rings is 2. The molecule has 2 aromatic heterocycles. The van der Waals surface area contributed by atoms with Crippen LogP contribution in [0, 0.1) is 0 Å². The van der Waals surface area contributed by atoms with Gasteiger partial charge < -0.3 is 10.5 Å². The van der Waals surface area contributed by atoms with Crippen molar-refractivity contribution in [1.29, 1.82) is 0 Å². The number of hydrogen-bond donors (Lipinski definition) is 1. The molecule has 4 nitrogen and oxygen atoms in total. The Bertz CT molecular complexity index is 1110. The lowest BCUT2D eigenvalue weighted by Crippen LogP contribution is -2.30. The van der Waals surface area contributed by atoms with Gasteiger partial charge in [0.1, 0.15) is 12.4 Å². The van der Waals surface area contributed by atoms with Crippen molar-refractivity contribution in [3.8, 4) is 5.75 Å². The lowest BCUT2D eigenvalue weighted by atomic mass is 10.0. The van der Waals surface area contributed by atoms with Crippen molar-refractivity contribution in [3.63, 3.8) is 0 Å². The van der Waals surface area contributed by atoms with Gasteiger partial charge in [-0.1, -0.05) is 54.6 Å². The number of hydrogen-bond acceptors (Lipinski definition) is 4. The fraction of sp³-hybridized carbons (Fsp3) is 0.120. The van der Waals surface area contributed by atoms with E-state index >= 15 is 0 Å². The number of rotatable bonds is 7. The third-order valence-corrected chi connectivity index (χ3v) is 4.68. The van der Waals surface area contributed by atoms with E-state index in [0.29, 0.717) is 6.61 Å². The van der Waals surface area contributed by atoms with Gasteiger partial charge in [-0.2, -0.15) is 0 Å². The Morgan fingerprint density at radius 2 is 1.62 bits per heavy atom. The van der Waals surface area contributed by atoms with Crippen LogP contribution in [0.15, 0.2) is 85.5 Å². The van der Waals surface area contributed by atoms with Crippen LogP contribution in [-0.2, 0) is 6.42 Å². The van der Waals surface area contributed by atoms with Crippen LogP contribution in [0.4, 0.5) is 0 Å². The van der Waals surface area contributed by atoms with Crippen molar-refractivity contribution in [3.05, 3.63) is 102 Å². The maximum Gasteiger partial charge on any atom is 0.138 e. The molecule has 4 aromatic rings. The average molecular weight is 381 g/mol. The second-order valence-corrected chi connectivity index (χ2v) is 7.02. The number of ether oxygens (including phenoxy) is 1. The van der Waals surface area contributed by atoms with Gasteiger partial charge in [-0.3, -0.25) is 9.97 Å². The van der Waals surface area contributed by atoms with Gasteiger partial charge in [0.2, 0.25) is 0 Å². The fourth-order valence-corrected chi connectivity index (χ4v) is 3.20. The van der Waals surface area contributed by atoms with E-state index < -0.39 is 0 Å². The summed E-state index contributed by atoms with van der Waals surface area (Å²) in [6, 6.07) is 20.6. The fourth-order valence-electron chi connectivity index (χ4n) is 3.20. The molecule has 2 heterocycles. The van der Waals surface area contributed by atoms with Crippen LogP contribution in [0.1, 0.15) is 16.7 Å². The van der Waals surface area contributed by atoms with Gasteiger partial charge in [0.25, 0.3) is 0 Å². The van der Waals surface area contributed by atoms with Gasteiger partial charge in [-0.15, -0.1) is 0 Å². The van der Waals surface area contributed by atoms with Gasteiger partial charge in [-0.25, -0.2) is 0 Å². The smallest absolute Gasteiger partial charge is 0.138 e. The van der Waals surface area contributed by atoms with E-state index in [-0.39, 0.29) is 6.04 Å². The first-order valence-corrected chi connectivity index (χ1v) is 9.65. The van der Waals surface area contributed by atoms with Crippen LogP contribution in [0.2, 0.25) is 0 Å². The summed E-state index contributed by atoms with van der Waals surface area (Å²) >= 11 is 0. The second kappa shape index (κ2) is 9.13. The van der Waals surface area contributed by atoms with Crippen molar-refractivity contribution in [1.82, 2.24) is 9.97 Å².